The van der Waals surface area contributed by atoms with Crippen LogP contribution < -0.4 is 21.9 Å². The van der Waals surface area contributed by atoms with Gasteiger partial charge in [-0.2, -0.15) is 0 Å². The summed E-state index contributed by atoms with van der Waals surface area (Å²) in [5.41, 5.74) is -3.86. The van der Waals surface area contributed by atoms with E-state index < -0.39 is 197 Å². The number of ether oxygens (including phenoxy) is 2. The van der Waals surface area contributed by atoms with Crippen molar-refractivity contribution in [2.75, 3.05) is 54.6 Å². The first-order valence-corrected chi connectivity index (χ1v) is 31.7. The molecule has 524 valence electrons. The average Bonchev–Trinajstić information content (AvgIpc) is 1.50. The summed E-state index contributed by atoms with van der Waals surface area (Å²) in [6.07, 6.45) is -5.94. The summed E-state index contributed by atoms with van der Waals surface area (Å²) in [5, 5.41) is 0. The Morgan fingerprint density at radius 3 is 0.765 bits per heavy atom. The quantitative estimate of drug-likeness (QED) is 0.0548. The first-order chi connectivity index (χ1) is 46.1. The van der Waals surface area contributed by atoms with Crippen LogP contribution in [-0.4, -0.2) is 87.9 Å². The number of hydrogen-bond acceptors (Lipinski definition) is 4. The van der Waals surface area contributed by atoms with Gasteiger partial charge in [-0.25, -0.2) is 97.0 Å². The second-order valence-electron chi connectivity index (χ2n) is 27.6. The van der Waals surface area contributed by atoms with E-state index in [0.717, 1.165) is 37.9 Å². The number of benzene rings is 6. The fourth-order valence-corrected chi connectivity index (χ4v) is 16.9. The molecule has 14 rings (SSSR count). The summed E-state index contributed by atoms with van der Waals surface area (Å²) in [4.78, 5) is 0. The number of fused-ring (bicyclic) bond motifs is 4. The molecule has 4 saturated heterocycles. The Bertz CT molecular complexity index is 3810. The molecule has 4 aliphatic carbocycles. The van der Waals surface area contributed by atoms with Crippen LogP contribution in [0.1, 0.15) is 102 Å². The molecular weight excluding hydrogens is 1330 g/mol. The molecule has 4 aliphatic heterocycles. The van der Waals surface area contributed by atoms with E-state index in [0.29, 0.717) is 46.3 Å². The molecule has 0 radical (unpaired) electrons. The summed E-state index contributed by atoms with van der Waals surface area (Å²) in [7, 11) is 6.92. The van der Waals surface area contributed by atoms with Gasteiger partial charge in [0.05, 0.1) is 0 Å². The van der Waals surface area contributed by atoms with Gasteiger partial charge in [-0.05, 0) is 72.3 Å². The van der Waals surface area contributed by atoms with E-state index in [-0.39, 0.29) is 12.8 Å². The lowest BCUT2D eigenvalue weighted by atomic mass is 9.24. The molecule has 0 saturated carbocycles. The second kappa shape index (κ2) is 26.7. The fraction of sp³-hybridized carbons (Fsp3) is 0.400. The van der Waals surface area contributed by atoms with Crippen LogP contribution in [0.3, 0.4) is 0 Å². The maximum absolute atomic E-state index is 15.8. The van der Waals surface area contributed by atoms with Gasteiger partial charge in [0, 0.05) is 62.6 Å². The number of allylic oxidation sites excluding steroid dienone is 2. The third-order valence-electron chi connectivity index (χ3n) is 20.8. The van der Waals surface area contributed by atoms with Crippen molar-refractivity contribution in [1.82, 2.24) is 0 Å². The molecule has 6 aromatic carbocycles. The van der Waals surface area contributed by atoms with Crippen molar-refractivity contribution >= 4 is 46.0 Å². The first-order valence-electron chi connectivity index (χ1n) is 31.7. The summed E-state index contributed by atoms with van der Waals surface area (Å²) < 4.78 is 328. The zero-order chi connectivity index (χ0) is 71.5. The monoisotopic (exact) mass is 1400 g/mol. The fourth-order valence-electron chi connectivity index (χ4n) is 16.9. The van der Waals surface area contributed by atoms with Crippen LogP contribution in [0.5, 0.6) is 0 Å². The molecule has 0 N–H and O–H groups in total. The summed E-state index contributed by atoms with van der Waals surface area (Å²) in [5.74, 6) is -54.8. The van der Waals surface area contributed by atoms with Gasteiger partial charge in [-0.1, -0.05) is 121 Å². The minimum atomic E-state index is -4.40. The Morgan fingerprint density at radius 2 is 0.561 bits per heavy atom. The van der Waals surface area contributed by atoms with Crippen molar-refractivity contribution in [3.8, 4) is 0 Å². The highest BCUT2D eigenvalue weighted by Gasteiger charge is 2.66. The normalized spacial score (nSPS) is 23.5. The molecule has 0 aromatic heterocycles. The molecule has 8 aliphatic rings. The van der Waals surface area contributed by atoms with Crippen LogP contribution in [0.4, 0.5) is 87.8 Å². The van der Waals surface area contributed by atoms with Gasteiger partial charge >= 0.3 is 0 Å². The molecule has 0 spiro atoms. The van der Waals surface area contributed by atoms with Gasteiger partial charge in [0.15, 0.2) is 93.9 Å². The predicted molar refractivity (Wildman–Crippen MR) is 324 cm³/mol. The van der Waals surface area contributed by atoms with Crippen molar-refractivity contribution in [2.45, 2.75) is 103 Å². The second-order valence-corrected chi connectivity index (χ2v) is 27.6. The lowest BCUT2D eigenvalue weighted by molar-refractivity contribution is -0.465. The summed E-state index contributed by atoms with van der Waals surface area (Å²) in [6.45, 7) is 11.4. The highest BCUT2D eigenvalue weighted by Crippen LogP contribution is 2.68. The van der Waals surface area contributed by atoms with Crippen LogP contribution in [0.2, 0.25) is 11.6 Å². The van der Waals surface area contributed by atoms with Crippen LogP contribution in [0, 0.1) is 139 Å². The van der Waals surface area contributed by atoms with Crippen LogP contribution in [-0.2, 0) is 18.8 Å². The largest absolute Gasteiger partial charge is 0.576 e. The number of rotatable bonds is 6. The van der Waals surface area contributed by atoms with Crippen molar-refractivity contribution in [3.63, 3.8) is 0 Å². The van der Waals surface area contributed by atoms with Crippen LogP contribution in [0.15, 0.2) is 83.0 Å². The van der Waals surface area contributed by atoms with E-state index in [9.17, 15) is 52.7 Å². The maximum atomic E-state index is 15.8. The van der Waals surface area contributed by atoms with Crippen molar-refractivity contribution in [2.24, 2.45) is 22.7 Å². The van der Waals surface area contributed by atoms with E-state index >= 15 is 35.1 Å². The van der Waals surface area contributed by atoms with Gasteiger partial charge in [0.25, 0.3) is 0 Å². The van der Waals surface area contributed by atoms with E-state index in [1.54, 1.807) is 73.7 Å². The van der Waals surface area contributed by atoms with Crippen LogP contribution >= 0.6 is 0 Å². The topological polar surface area (TPSA) is 42.9 Å². The molecular formula is C70H64B2F20N2O4. The molecule has 6 atom stereocenters. The molecule has 98 heavy (non-hydrogen) atoms. The van der Waals surface area contributed by atoms with Crippen molar-refractivity contribution in [3.05, 3.63) is 210 Å². The van der Waals surface area contributed by atoms with E-state index in [1.165, 1.54) is 49.9 Å². The molecule has 0 unspecified atom stereocenters. The number of nitrogens with zero attached hydrogens (tertiary/aromatic N) is 2. The van der Waals surface area contributed by atoms with E-state index in [1.807, 2.05) is 27.7 Å². The third-order valence-corrected chi connectivity index (χ3v) is 20.8. The Hall–Kier alpha value is -7.29. The molecule has 0 amide bonds. The highest BCUT2D eigenvalue weighted by molar-refractivity contribution is 7.00. The van der Waals surface area contributed by atoms with Crippen molar-refractivity contribution in [1.29, 1.82) is 0 Å². The zero-order valence-corrected chi connectivity index (χ0v) is 54.0. The maximum Gasteiger partial charge on any atom is 0.200 e. The van der Waals surface area contributed by atoms with Gasteiger partial charge in [-0.3, -0.25) is 0 Å². The summed E-state index contributed by atoms with van der Waals surface area (Å²) >= 11 is 0. The van der Waals surface area contributed by atoms with Crippen molar-refractivity contribution < 1.29 is 116 Å². The Labute approximate surface area is 550 Å². The summed E-state index contributed by atoms with van der Waals surface area (Å²) in [6, 6.07) is 15.6. The Kier molecular flexibility index (Phi) is 19.6. The first kappa shape index (κ1) is 72.0. The molecule has 6 aromatic rings. The molecule has 4 fully saturated rings. The highest BCUT2D eigenvalue weighted by atomic mass is 19.2. The van der Waals surface area contributed by atoms with E-state index in [2.05, 4.69) is 0 Å². The Balaban J connectivity index is 0.000000173. The van der Waals surface area contributed by atoms with E-state index in [4.69, 9.17) is 18.8 Å². The van der Waals surface area contributed by atoms with Crippen LogP contribution in [0.25, 0.3) is 0 Å². The van der Waals surface area contributed by atoms with Gasteiger partial charge in [-0.15, -0.1) is 11.6 Å². The lowest BCUT2D eigenvalue weighted by Crippen LogP contribution is -2.66. The number of hydrogen-bond donors (Lipinski definition) is 0. The Morgan fingerprint density at radius 1 is 0.337 bits per heavy atom. The third kappa shape index (κ3) is 11.2. The van der Waals surface area contributed by atoms with Gasteiger partial charge in [0.2, 0.25) is 0 Å². The molecule has 6 nitrogen and oxygen atoms in total. The minimum Gasteiger partial charge on any atom is -0.576 e. The SMILES string of the molecule is C1CCOC1.C1CCOC1.C[N+](C)=C1CC(C)(C)C2=C1C[C@H]1[C@@H]2[C@H](c2ccccc2)O[B-]1(c1c(F)c(F)c(F)c(F)c1F)c1c(F)c(F)c(F)c(F)c1F.C[N+](C)=C1CC(C)(C)C2=C1C[C@H]1[C@@H]2[C@H](c2ccccc2)O[B-]1(c1c(F)c(F)c(F)c(F)c1F)c1c(F)c(F)c(F)c(F)c1F. The predicted octanol–water partition coefficient (Wildman–Crippen LogP) is 15.1. The molecule has 4 heterocycles. The minimum absolute atomic E-state index is 0.265. The lowest BCUT2D eigenvalue weighted by Gasteiger charge is -2.44. The molecule has 28 heteroatoms. The standard InChI is InChI=1S/2C31H24BF10NO.2C4H8O/c2*1-31(2)11-15(43(3)4)13-10-14-16(17(13)31)30(12-8-6-5-7-9-12)44-32(14,18-20(33)24(37)28(41)25(38)21(18)34)19-22(35)26(39)29(42)27(40)23(19)36;2*1-2-4-5-3-1/h2*5-9,14,16,30H,10-11H2,1-4H3;2*1-4H2/t2*14-,16-,30-;;/m00../s1. The molecule has 0 bridgehead atoms. The van der Waals surface area contributed by atoms with Gasteiger partial charge in [0.1, 0.15) is 74.7 Å². The smallest absolute Gasteiger partial charge is 0.200 e. The average molecular weight is 1400 g/mol. The van der Waals surface area contributed by atoms with Gasteiger partial charge < -0.3 is 18.8 Å². The number of halogens is 20. The zero-order valence-electron chi connectivity index (χ0n) is 54.0.